The lowest BCUT2D eigenvalue weighted by atomic mass is 9.99. The van der Waals surface area contributed by atoms with Gasteiger partial charge in [-0.1, -0.05) is 18.5 Å². The van der Waals surface area contributed by atoms with Crippen LogP contribution in [0.3, 0.4) is 0 Å². The summed E-state index contributed by atoms with van der Waals surface area (Å²) >= 11 is 6.17. The van der Waals surface area contributed by atoms with E-state index in [0.717, 1.165) is 35.4 Å². The molecule has 1 aromatic carbocycles. The molecule has 1 fully saturated rings. The molecule has 2 rings (SSSR count). The Kier molecular flexibility index (Phi) is 3.06. The monoisotopic (exact) mass is 224 g/mol. The van der Waals surface area contributed by atoms with E-state index in [0.29, 0.717) is 0 Å². The Morgan fingerprint density at radius 1 is 1.33 bits per heavy atom. The van der Waals surface area contributed by atoms with Crippen LogP contribution >= 0.6 is 11.6 Å². The number of hydrogen-bond donors (Lipinski definition) is 1. The number of piperidine rings is 1. The van der Waals surface area contributed by atoms with Gasteiger partial charge in [-0.25, -0.2) is 0 Å². The van der Waals surface area contributed by atoms with Gasteiger partial charge in [0, 0.05) is 18.8 Å². The third kappa shape index (κ3) is 2.37. The number of nitrogens with two attached hydrogens (primary N) is 1. The minimum Gasteiger partial charge on any atom is -0.399 e. The first kappa shape index (κ1) is 10.6. The molecule has 1 aliphatic rings. The average molecular weight is 225 g/mol. The minimum absolute atomic E-state index is 0.785. The van der Waals surface area contributed by atoms with Crippen molar-refractivity contribution >= 4 is 23.0 Å². The van der Waals surface area contributed by atoms with Crippen molar-refractivity contribution in [2.24, 2.45) is 5.92 Å². The fraction of sp³-hybridized carbons (Fsp3) is 0.500. The molecular formula is C12H17ClN2. The van der Waals surface area contributed by atoms with Gasteiger partial charge in [0.2, 0.25) is 0 Å². The molecule has 1 aliphatic heterocycles. The highest BCUT2D eigenvalue weighted by Crippen LogP contribution is 2.31. The number of anilines is 2. The van der Waals surface area contributed by atoms with Gasteiger partial charge < -0.3 is 10.6 Å². The maximum atomic E-state index is 6.17. The highest BCUT2D eigenvalue weighted by atomic mass is 35.5. The number of nitrogens with zero attached hydrogens (tertiary/aromatic N) is 1. The normalized spacial score (nSPS) is 18.1. The quantitative estimate of drug-likeness (QED) is 0.743. The van der Waals surface area contributed by atoms with Crippen molar-refractivity contribution in [2.45, 2.75) is 19.8 Å². The molecule has 2 N–H and O–H groups in total. The second-order valence-electron chi connectivity index (χ2n) is 4.38. The second kappa shape index (κ2) is 4.31. The van der Waals surface area contributed by atoms with E-state index in [9.17, 15) is 0 Å². The number of hydrogen-bond acceptors (Lipinski definition) is 2. The zero-order valence-corrected chi connectivity index (χ0v) is 9.80. The van der Waals surface area contributed by atoms with E-state index >= 15 is 0 Å². The predicted octanol–water partition coefficient (Wildman–Crippen LogP) is 3.16. The molecule has 1 heterocycles. The van der Waals surface area contributed by atoms with Gasteiger partial charge in [0.15, 0.2) is 0 Å². The standard InChI is InChI=1S/C12H17ClN2/c1-9-4-6-15(7-5-9)12-8-10(14)2-3-11(12)13/h2-3,8-9H,4-7,14H2,1H3. The van der Waals surface area contributed by atoms with E-state index < -0.39 is 0 Å². The van der Waals surface area contributed by atoms with Crippen LogP contribution in [0.4, 0.5) is 11.4 Å². The zero-order valence-electron chi connectivity index (χ0n) is 9.04. The van der Waals surface area contributed by atoms with Crippen LogP contribution in [0.2, 0.25) is 5.02 Å². The van der Waals surface area contributed by atoms with Gasteiger partial charge in [0.05, 0.1) is 10.7 Å². The maximum absolute atomic E-state index is 6.17. The van der Waals surface area contributed by atoms with E-state index in [1.165, 1.54) is 12.8 Å². The van der Waals surface area contributed by atoms with Crippen LogP contribution in [-0.4, -0.2) is 13.1 Å². The number of benzene rings is 1. The van der Waals surface area contributed by atoms with Crippen LogP contribution in [0.25, 0.3) is 0 Å². The van der Waals surface area contributed by atoms with Crippen molar-refractivity contribution < 1.29 is 0 Å². The molecular weight excluding hydrogens is 208 g/mol. The van der Waals surface area contributed by atoms with E-state index in [1.807, 2.05) is 18.2 Å². The molecule has 1 saturated heterocycles. The SMILES string of the molecule is CC1CCN(c2cc(N)ccc2Cl)CC1. The smallest absolute Gasteiger partial charge is 0.0641 e. The van der Waals surface area contributed by atoms with Gasteiger partial charge in [-0.15, -0.1) is 0 Å². The molecule has 2 nitrogen and oxygen atoms in total. The maximum Gasteiger partial charge on any atom is 0.0641 e. The molecule has 0 bridgehead atoms. The highest BCUT2D eigenvalue weighted by Gasteiger charge is 2.17. The summed E-state index contributed by atoms with van der Waals surface area (Å²) in [5.41, 5.74) is 7.65. The van der Waals surface area contributed by atoms with Crippen molar-refractivity contribution in [3.8, 4) is 0 Å². The third-order valence-electron chi connectivity index (χ3n) is 3.09. The summed E-state index contributed by atoms with van der Waals surface area (Å²) in [6.07, 6.45) is 2.48. The second-order valence-corrected chi connectivity index (χ2v) is 4.79. The van der Waals surface area contributed by atoms with Gasteiger partial charge in [-0.3, -0.25) is 0 Å². The van der Waals surface area contributed by atoms with Crippen LogP contribution in [-0.2, 0) is 0 Å². The highest BCUT2D eigenvalue weighted by molar-refractivity contribution is 6.33. The molecule has 0 unspecified atom stereocenters. The molecule has 0 aliphatic carbocycles. The molecule has 15 heavy (non-hydrogen) atoms. The van der Waals surface area contributed by atoms with Crippen molar-refractivity contribution in [3.05, 3.63) is 23.2 Å². The zero-order chi connectivity index (χ0) is 10.8. The van der Waals surface area contributed by atoms with E-state index in [-0.39, 0.29) is 0 Å². The van der Waals surface area contributed by atoms with Crippen LogP contribution in [0, 0.1) is 5.92 Å². The molecule has 82 valence electrons. The largest absolute Gasteiger partial charge is 0.399 e. The molecule has 0 aromatic heterocycles. The van der Waals surface area contributed by atoms with Crippen LogP contribution in [0.1, 0.15) is 19.8 Å². The van der Waals surface area contributed by atoms with Crippen LogP contribution < -0.4 is 10.6 Å². The first-order chi connectivity index (χ1) is 7.16. The lowest BCUT2D eigenvalue weighted by Gasteiger charge is -2.32. The Morgan fingerprint density at radius 3 is 2.67 bits per heavy atom. The average Bonchev–Trinajstić information content (AvgIpc) is 2.23. The number of halogens is 1. The van der Waals surface area contributed by atoms with E-state index in [4.69, 9.17) is 17.3 Å². The van der Waals surface area contributed by atoms with Gasteiger partial charge in [0.25, 0.3) is 0 Å². The van der Waals surface area contributed by atoms with Crippen molar-refractivity contribution in [1.82, 2.24) is 0 Å². The molecule has 0 amide bonds. The Hall–Kier alpha value is -0.890. The lowest BCUT2D eigenvalue weighted by Crippen LogP contribution is -2.32. The summed E-state index contributed by atoms with van der Waals surface area (Å²) < 4.78 is 0. The fourth-order valence-electron chi connectivity index (χ4n) is 2.02. The third-order valence-corrected chi connectivity index (χ3v) is 3.41. The van der Waals surface area contributed by atoms with E-state index in [1.54, 1.807) is 0 Å². The van der Waals surface area contributed by atoms with Gasteiger partial charge in [-0.05, 0) is 37.0 Å². The minimum atomic E-state index is 0.785. The fourth-order valence-corrected chi connectivity index (χ4v) is 2.26. The first-order valence-electron chi connectivity index (χ1n) is 5.47. The van der Waals surface area contributed by atoms with Gasteiger partial charge in [-0.2, -0.15) is 0 Å². The molecule has 3 heteroatoms. The molecule has 1 aromatic rings. The lowest BCUT2D eigenvalue weighted by molar-refractivity contribution is 0.438. The summed E-state index contributed by atoms with van der Waals surface area (Å²) in [5, 5.41) is 0.804. The predicted molar refractivity (Wildman–Crippen MR) is 66.5 cm³/mol. The summed E-state index contributed by atoms with van der Waals surface area (Å²) in [7, 11) is 0. The molecule has 0 atom stereocenters. The molecule has 0 saturated carbocycles. The first-order valence-corrected chi connectivity index (χ1v) is 5.84. The summed E-state index contributed by atoms with van der Waals surface area (Å²) in [6.45, 7) is 4.48. The topological polar surface area (TPSA) is 29.3 Å². The Labute approximate surface area is 96.0 Å². The number of nitrogen functional groups attached to an aromatic ring is 1. The summed E-state index contributed by atoms with van der Waals surface area (Å²) in [6, 6.07) is 5.70. The van der Waals surface area contributed by atoms with Crippen molar-refractivity contribution in [3.63, 3.8) is 0 Å². The number of rotatable bonds is 1. The van der Waals surface area contributed by atoms with Crippen molar-refractivity contribution in [1.29, 1.82) is 0 Å². The van der Waals surface area contributed by atoms with Crippen LogP contribution in [0.5, 0.6) is 0 Å². The molecule has 0 spiro atoms. The molecule has 0 radical (unpaired) electrons. The van der Waals surface area contributed by atoms with Gasteiger partial charge >= 0.3 is 0 Å². The van der Waals surface area contributed by atoms with Gasteiger partial charge in [0.1, 0.15) is 0 Å². The van der Waals surface area contributed by atoms with Crippen LogP contribution in [0.15, 0.2) is 18.2 Å². The summed E-state index contributed by atoms with van der Waals surface area (Å²) in [5.74, 6) is 0.834. The Morgan fingerprint density at radius 2 is 2.00 bits per heavy atom. The summed E-state index contributed by atoms with van der Waals surface area (Å²) in [4.78, 5) is 2.33. The van der Waals surface area contributed by atoms with Crippen molar-refractivity contribution in [2.75, 3.05) is 23.7 Å². The Balaban J connectivity index is 2.18. The Bertz CT molecular complexity index is 343. The van der Waals surface area contributed by atoms with E-state index in [2.05, 4.69) is 11.8 Å².